The van der Waals surface area contributed by atoms with Gasteiger partial charge in [-0.3, -0.25) is 9.69 Å². The quantitative estimate of drug-likeness (QED) is 0.599. The third kappa shape index (κ3) is 5.16. The van der Waals surface area contributed by atoms with E-state index in [1.807, 2.05) is 73.3 Å². The summed E-state index contributed by atoms with van der Waals surface area (Å²) in [4.78, 5) is 14.5. The summed E-state index contributed by atoms with van der Waals surface area (Å²) in [5.41, 5.74) is 3.42. The van der Waals surface area contributed by atoms with Crippen LogP contribution in [0, 0.1) is 6.92 Å². The molecule has 0 saturated carbocycles. The molecular formula is C22H25ClN4O2. The second kappa shape index (κ2) is 9.58. The van der Waals surface area contributed by atoms with Crippen molar-refractivity contribution in [3.63, 3.8) is 0 Å². The molecule has 1 amide bonds. The normalized spacial score (nSPS) is 10.9. The summed E-state index contributed by atoms with van der Waals surface area (Å²) in [5, 5.41) is 8.06. The van der Waals surface area contributed by atoms with Crippen molar-refractivity contribution >= 4 is 23.2 Å². The molecule has 0 bridgehead atoms. The lowest BCUT2D eigenvalue weighted by Gasteiger charge is -2.20. The number of para-hydroxylation sites is 1. The van der Waals surface area contributed by atoms with Crippen LogP contribution in [0.3, 0.4) is 0 Å². The van der Waals surface area contributed by atoms with Gasteiger partial charge in [0.1, 0.15) is 10.9 Å². The van der Waals surface area contributed by atoms with Gasteiger partial charge in [-0.2, -0.15) is 5.10 Å². The van der Waals surface area contributed by atoms with Crippen LogP contribution in [-0.4, -0.2) is 40.8 Å². The molecule has 0 saturated heterocycles. The maximum Gasteiger partial charge on any atom is 0.238 e. The van der Waals surface area contributed by atoms with E-state index in [0.717, 1.165) is 28.4 Å². The number of halogens is 1. The fourth-order valence-electron chi connectivity index (χ4n) is 3.03. The molecule has 0 radical (unpaired) electrons. The topological polar surface area (TPSA) is 59.4 Å². The van der Waals surface area contributed by atoms with Crippen LogP contribution in [-0.2, 0) is 11.3 Å². The lowest BCUT2D eigenvalue weighted by molar-refractivity contribution is -0.117. The Kier molecular flexibility index (Phi) is 6.90. The highest BCUT2D eigenvalue weighted by molar-refractivity contribution is 6.30. The molecule has 0 spiro atoms. The number of amides is 1. The second-order valence-corrected chi connectivity index (χ2v) is 7.04. The highest BCUT2D eigenvalue weighted by atomic mass is 35.5. The largest absolute Gasteiger partial charge is 0.497 e. The number of methoxy groups -OCH3 is 1. The Morgan fingerprint density at radius 3 is 2.48 bits per heavy atom. The molecule has 29 heavy (non-hydrogen) atoms. The van der Waals surface area contributed by atoms with Gasteiger partial charge >= 0.3 is 0 Å². The summed E-state index contributed by atoms with van der Waals surface area (Å²) in [7, 11) is 1.61. The smallest absolute Gasteiger partial charge is 0.238 e. The van der Waals surface area contributed by atoms with Crippen LogP contribution in [0.5, 0.6) is 5.75 Å². The van der Waals surface area contributed by atoms with Gasteiger partial charge in [0.2, 0.25) is 5.91 Å². The molecule has 3 rings (SSSR count). The number of ether oxygens (including phenoxy) is 1. The van der Waals surface area contributed by atoms with Crippen molar-refractivity contribution in [1.82, 2.24) is 14.7 Å². The Balaban J connectivity index is 1.68. The average Bonchev–Trinajstić information content (AvgIpc) is 3.02. The number of anilines is 1. The van der Waals surface area contributed by atoms with Crippen molar-refractivity contribution in [2.24, 2.45) is 0 Å². The molecular weight excluding hydrogens is 388 g/mol. The van der Waals surface area contributed by atoms with E-state index in [4.69, 9.17) is 16.3 Å². The predicted octanol–water partition coefficient (Wildman–Crippen LogP) is 4.30. The molecule has 2 aromatic carbocycles. The first kappa shape index (κ1) is 20.9. The number of hydrogen-bond acceptors (Lipinski definition) is 4. The zero-order valence-corrected chi connectivity index (χ0v) is 17.6. The van der Waals surface area contributed by atoms with E-state index in [0.29, 0.717) is 18.2 Å². The number of benzene rings is 2. The van der Waals surface area contributed by atoms with Crippen molar-refractivity contribution in [3.8, 4) is 11.4 Å². The number of aromatic nitrogens is 2. The van der Waals surface area contributed by atoms with Gasteiger partial charge in [-0.05, 0) is 49.9 Å². The van der Waals surface area contributed by atoms with Crippen molar-refractivity contribution in [3.05, 3.63) is 71.0 Å². The molecule has 7 heteroatoms. The number of aryl methyl sites for hydroxylation is 1. The minimum Gasteiger partial charge on any atom is -0.497 e. The van der Waals surface area contributed by atoms with Gasteiger partial charge in [0.05, 0.1) is 25.0 Å². The van der Waals surface area contributed by atoms with E-state index >= 15 is 0 Å². The standard InChI is InChI=1S/C22H25ClN4O2/c1-4-26(15-21(28)24-17-10-12-19(29-3)13-11-17)14-20-16(2)25-27(22(20)23)18-8-6-5-7-9-18/h5-13H,4,14-15H2,1-3H3,(H,24,28). The SMILES string of the molecule is CCN(CC(=O)Nc1ccc(OC)cc1)Cc1c(C)nn(-c2ccccc2)c1Cl. The summed E-state index contributed by atoms with van der Waals surface area (Å²) in [6, 6.07) is 17.0. The maximum absolute atomic E-state index is 12.5. The summed E-state index contributed by atoms with van der Waals surface area (Å²) < 4.78 is 6.87. The van der Waals surface area contributed by atoms with Gasteiger partial charge in [0.25, 0.3) is 0 Å². The Labute approximate surface area is 176 Å². The van der Waals surface area contributed by atoms with Crippen LogP contribution in [0.1, 0.15) is 18.2 Å². The molecule has 0 atom stereocenters. The van der Waals surface area contributed by atoms with Crippen molar-refractivity contribution in [2.75, 3.05) is 25.5 Å². The third-order valence-electron chi connectivity index (χ3n) is 4.69. The molecule has 6 nitrogen and oxygen atoms in total. The van der Waals surface area contributed by atoms with Crippen LogP contribution in [0.25, 0.3) is 5.69 Å². The van der Waals surface area contributed by atoms with Crippen molar-refractivity contribution < 1.29 is 9.53 Å². The minimum absolute atomic E-state index is 0.0822. The summed E-state index contributed by atoms with van der Waals surface area (Å²) >= 11 is 6.62. The van der Waals surface area contributed by atoms with Crippen LogP contribution < -0.4 is 10.1 Å². The molecule has 0 aliphatic carbocycles. The van der Waals surface area contributed by atoms with Crippen molar-refractivity contribution in [1.29, 1.82) is 0 Å². The number of hydrogen-bond donors (Lipinski definition) is 1. The number of carbonyl (C=O) groups excluding carboxylic acids is 1. The monoisotopic (exact) mass is 412 g/mol. The summed E-state index contributed by atoms with van der Waals surface area (Å²) in [6.07, 6.45) is 0. The Morgan fingerprint density at radius 2 is 1.86 bits per heavy atom. The van der Waals surface area contributed by atoms with Crippen LogP contribution in [0.4, 0.5) is 5.69 Å². The highest BCUT2D eigenvalue weighted by Crippen LogP contribution is 2.25. The van der Waals surface area contributed by atoms with Crippen LogP contribution in [0.2, 0.25) is 5.15 Å². The van der Waals surface area contributed by atoms with E-state index in [1.54, 1.807) is 11.8 Å². The number of likely N-dealkylation sites (N-methyl/N-ethyl adjacent to an activating group) is 1. The number of carbonyl (C=O) groups is 1. The van der Waals surface area contributed by atoms with E-state index in [1.165, 1.54) is 0 Å². The third-order valence-corrected chi connectivity index (χ3v) is 5.08. The number of nitrogens with zero attached hydrogens (tertiary/aromatic N) is 3. The van der Waals surface area contributed by atoms with Crippen molar-refractivity contribution in [2.45, 2.75) is 20.4 Å². The lowest BCUT2D eigenvalue weighted by Crippen LogP contribution is -2.33. The fraction of sp³-hybridized carbons (Fsp3) is 0.273. The molecule has 0 fully saturated rings. The molecule has 1 aromatic heterocycles. The predicted molar refractivity (Wildman–Crippen MR) is 116 cm³/mol. The first-order valence-electron chi connectivity index (χ1n) is 9.47. The van der Waals surface area contributed by atoms with Gasteiger partial charge in [-0.25, -0.2) is 4.68 Å². The van der Waals surface area contributed by atoms with E-state index in [-0.39, 0.29) is 12.5 Å². The number of rotatable bonds is 8. The second-order valence-electron chi connectivity index (χ2n) is 6.68. The summed E-state index contributed by atoms with van der Waals surface area (Å²) in [6.45, 7) is 5.47. The first-order chi connectivity index (χ1) is 14.0. The molecule has 0 aliphatic heterocycles. The first-order valence-corrected chi connectivity index (χ1v) is 9.85. The van der Waals surface area contributed by atoms with Gasteiger partial charge in [0.15, 0.2) is 0 Å². The molecule has 1 N–H and O–H groups in total. The Morgan fingerprint density at radius 1 is 1.17 bits per heavy atom. The van der Waals surface area contributed by atoms with Gasteiger partial charge in [0, 0.05) is 17.8 Å². The zero-order chi connectivity index (χ0) is 20.8. The fourth-order valence-corrected chi connectivity index (χ4v) is 3.36. The highest BCUT2D eigenvalue weighted by Gasteiger charge is 2.18. The Hall–Kier alpha value is -2.83. The van der Waals surface area contributed by atoms with Crippen LogP contribution in [0.15, 0.2) is 54.6 Å². The summed E-state index contributed by atoms with van der Waals surface area (Å²) in [5.74, 6) is 0.667. The maximum atomic E-state index is 12.5. The Bertz CT molecular complexity index is 955. The van der Waals surface area contributed by atoms with E-state index in [9.17, 15) is 4.79 Å². The van der Waals surface area contributed by atoms with Gasteiger partial charge in [-0.15, -0.1) is 0 Å². The lowest BCUT2D eigenvalue weighted by atomic mass is 10.2. The molecule has 0 unspecified atom stereocenters. The molecule has 152 valence electrons. The molecule has 3 aromatic rings. The molecule has 0 aliphatic rings. The van der Waals surface area contributed by atoms with E-state index < -0.39 is 0 Å². The molecule has 1 heterocycles. The number of nitrogens with one attached hydrogen (secondary N) is 1. The minimum atomic E-state index is -0.0822. The van der Waals surface area contributed by atoms with Crippen LogP contribution >= 0.6 is 11.6 Å². The zero-order valence-electron chi connectivity index (χ0n) is 16.9. The average molecular weight is 413 g/mol. The van der Waals surface area contributed by atoms with Gasteiger partial charge < -0.3 is 10.1 Å². The van der Waals surface area contributed by atoms with Gasteiger partial charge in [-0.1, -0.05) is 36.7 Å². The van der Waals surface area contributed by atoms with E-state index in [2.05, 4.69) is 10.4 Å².